The summed E-state index contributed by atoms with van der Waals surface area (Å²) in [5.74, 6) is -2.42. The maximum Gasteiger partial charge on any atom is 0.407 e. The second-order valence-electron chi connectivity index (χ2n) is 9.03. The number of nitriles is 1. The molecule has 0 radical (unpaired) electrons. The van der Waals surface area contributed by atoms with Gasteiger partial charge in [-0.05, 0) is 41.2 Å². The maximum atomic E-state index is 14.1. The highest BCUT2D eigenvalue weighted by atomic mass is 32.2. The SMILES string of the molecule is CC(C)CC(NC(c1ccc(-c2ccc(S(C)(=O)=O)cc2)cc1)C(F)(F)F)C(=O)NC(C#N)CC(=O)O. The van der Waals surface area contributed by atoms with Gasteiger partial charge in [-0.15, -0.1) is 0 Å². The molecule has 3 atom stereocenters. The van der Waals surface area contributed by atoms with Crippen LogP contribution in [0.2, 0.25) is 0 Å². The van der Waals surface area contributed by atoms with Gasteiger partial charge in [0.1, 0.15) is 12.1 Å². The van der Waals surface area contributed by atoms with Crippen molar-refractivity contribution in [1.29, 1.82) is 5.26 Å². The van der Waals surface area contributed by atoms with Gasteiger partial charge >= 0.3 is 12.1 Å². The van der Waals surface area contributed by atoms with Crippen molar-refractivity contribution in [3.8, 4) is 17.2 Å². The summed E-state index contributed by atoms with van der Waals surface area (Å²) < 4.78 is 65.5. The fourth-order valence-electron chi connectivity index (χ4n) is 3.64. The zero-order valence-corrected chi connectivity index (χ0v) is 21.2. The monoisotopic (exact) mass is 539 g/mol. The summed E-state index contributed by atoms with van der Waals surface area (Å²) in [5.41, 5.74) is 1.01. The summed E-state index contributed by atoms with van der Waals surface area (Å²) in [4.78, 5) is 23.7. The van der Waals surface area contributed by atoms with E-state index in [0.29, 0.717) is 11.1 Å². The first-order valence-corrected chi connectivity index (χ1v) is 13.2. The van der Waals surface area contributed by atoms with Gasteiger partial charge in [-0.3, -0.25) is 14.9 Å². The molecule has 1 amide bonds. The normalized spacial score (nSPS) is 14.4. The number of alkyl halides is 3. The van der Waals surface area contributed by atoms with Crippen molar-refractivity contribution in [1.82, 2.24) is 10.6 Å². The first kappa shape index (κ1) is 29.8. The molecule has 37 heavy (non-hydrogen) atoms. The lowest BCUT2D eigenvalue weighted by molar-refractivity contribution is -0.161. The van der Waals surface area contributed by atoms with Gasteiger partial charge in [0.05, 0.1) is 23.4 Å². The molecule has 12 heteroatoms. The number of rotatable bonds is 11. The number of benzene rings is 2. The number of carbonyl (C=O) groups excluding carboxylic acids is 1. The van der Waals surface area contributed by atoms with Gasteiger partial charge in [-0.25, -0.2) is 8.42 Å². The number of hydrogen-bond acceptors (Lipinski definition) is 6. The van der Waals surface area contributed by atoms with Crippen LogP contribution in [0.5, 0.6) is 0 Å². The highest BCUT2D eigenvalue weighted by Crippen LogP contribution is 2.34. The van der Waals surface area contributed by atoms with Crippen LogP contribution < -0.4 is 10.6 Å². The average molecular weight is 540 g/mol. The molecule has 0 saturated heterocycles. The third kappa shape index (κ3) is 8.87. The fourth-order valence-corrected chi connectivity index (χ4v) is 4.27. The number of carboxylic acid groups (broad SMARTS) is 1. The average Bonchev–Trinajstić information content (AvgIpc) is 2.79. The van der Waals surface area contributed by atoms with Gasteiger partial charge in [0.2, 0.25) is 5.91 Å². The Morgan fingerprint density at radius 1 is 1.03 bits per heavy atom. The smallest absolute Gasteiger partial charge is 0.407 e. The fraction of sp³-hybridized carbons (Fsp3) is 0.400. The van der Waals surface area contributed by atoms with Crippen LogP contribution in [0, 0.1) is 17.2 Å². The third-order valence-corrected chi connectivity index (χ3v) is 6.56. The molecule has 0 aliphatic carbocycles. The van der Waals surface area contributed by atoms with E-state index >= 15 is 0 Å². The molecule has 0 aliphatic heterocycles. The largest absolute Gasteiger partial charge is 0.481 e. The van der Waals surface area contributed by atoms with E-state index in [9.17, 15) is 31.2 Å². The maximum absolute atomic E-state index is 14.1. The molecule has 2 aromatic rings. The van der Waals surface area contributed by atoms with E-state index in [-0.39, 0.29) is 22.8 Å². The molecule has 0 aromatic heterocycles. The zero-order valence-electron chi connectivity index (χ0n) is 20.4. The Kier molecular flexibility index (Phi) is 9.83. The van der Waals surface area contributed by atoms with Crippen LogP contribution in [0.15, 0.2) is 53.4 Å². The van der Waals surface area contributed by atoms with E-state index in [2.05, 4.69) is 10.6 Å². The van der Waals surface area contributed by atoms with Crippen LogP contribution in [0.4, 0.5) is 13.2 Å². The van der Waals surface area contributed by atoms with Crippen LogP contribution in [-0.2, 0) is 19.4 Å². The van der Waals surface area contributed by atoms with Gasteiger partial charge in [-0.1, -0.05) is 50.2 Å². The number of nitrogens with zero attached hydrogens (tertiary/aromatic N) is 1. The van der Waals surface area contributed by atoms with Crippen molar-refractivity contribution in [2.45, 2.75) is 55.9 Å². The number of carboxylic acids is 1. The second kappa shape index (κ2) is 12.2. The lowest BCUT2D eigenvalue weighted by atomic mass is 9.97. The molecule has 8 nitrogen and oxygen atoms in total. The highest BCUT2D eigenvalue weighted by molar-refractivity contribution is 7.90. The minimum absolute atomic E-state index is 0.00834. The van der Waals surface area contributed by atoms with Crippen molar-refractivity contribution >= 4 is 21.7 Å². The van der Waals surface area contributed by atoms with Crippen molar-refractivity contribution in [3.05, 3.63) is 54.1 Å². The molecule has 0 fully saturated rings. The number of amides is 1. The molecule has 200 valence electrons. The molecule has 0 bridgehead atoms. The lowest BCUT2D eigenvalue weighted by Gasteiger charge is -2.29. The molecule has 2 aromatic carbocycles. The molecule has 3 N–H and O–H groups in total. The summed E-state index contributed by atoms with van der Waals surface area (Å²) >= 11 is 0. The Hall–Kier alpha value is -3.43. The number of hydrogen-bond donors (Lipinski definition) is 3. The summed E-state index contributed by atoms with van der Waals surface area (Å²) in [6, 6.07) is 8.03. The number of carbonyl (C=O) groups is 2. The Morgan fingerprint density at radius 2 is 1.54 bits per heavy atom. The van der Waals surface area contributed by atoms with E-state index < -0.39 is 52.4 Å². The Balaban J connectivity index is 2.31. The standard InChI is InChI=1S/C25H28F3N3O5S/c1-15(2)12-21(24(34)30-19(14-29)13-22(32)33)31-23(25(26,27)28)18-6-4-16(5-7-18)17-8-10-20(11-9-17)37(3,35)36/h4-11,15,19,21,23,31H,12-13H2,1-3H3,(H,30,34)(H,32,33). The molecule has 0 heterocycles. The van der Waals surface area contributed by atoms with Crippen molar-refractivity contribution < 1.29 is 36.3 Å². The molecular formula is C25H28F3N3O5S. The third-order valence-electron chi connectivity index (χ3n) is 5.43. The highest BCUT2D eigenvalue weighted by Gasteiger charge is 2.43. The molecule has 0 aliphatic rings. The number of nitrogens with one attached hydrogen (secondary N) is 2. The lowest BCUT2D eigenvalue weighted by Crippen LogP contribution is -2.51. The topological polar surface area (TPSA) is 136 Å². The second-order valence-corrected chi connectivity index (χ2v) is 11.0. The number of sulfone groups is 1. The molecule has 0 spiro atoms. The van der Waals surface area contributed by atoms with Crippen LogP contribution in [0.1, 0.15) is 38.3 Å². The molecule has 3 unspecified atom stereocenters. The summed E-state index contributed by atoms with van der Waals surface area (Å²) in [7, 11) is -3.39. The van der Waals surface area contributed by atoms with Gasteiger partial charge < -0.3 is 10.4 Å². The predicted octanol–water partition coefficient (Wildman–Crippen LogP) is 3.85. The first-order chi connectivity index (χ1) is 17.1. The van der Waals surface area contributed by atoms with Crippen molar-refractivity contribution in [2.75, 3.05) is 6.26 Å². The Labute approximate surface area is 213 Å². The van der Waals surface area contributed by atoms with E-state index in [1.54, 1.807) is 32.0 Å². The quantitative estimate of drug-likeness (QED) is 0.395. The minimum Gasteiger partial charge on any atom is -0.481 e. The van der Waals surface area contributed by atoms with Crippen LogP contribution in [-0.4, -0.2) is 49.9 Å². The van der Waals surface area contributed by atoms with Crippen molar-refractivity contribution in [2.24, 2.45) is 5.92 Å². The van der Waals surface area contributed by atoms with E-state index in [0.717, 1.165) is 6.26 Å². The van der Waals surface area contributed by atoms with Crippen LogP contribution >= 0.6 is 0 Å². The predicted molar refractivity (Wildman–Crippen MR) is 130 cm³/mol. The van der Waals surface area contributed by atoms with Gasteiger partial charge in [0.25, 0.3) is 0 Å². The van der Waals surface area contributed by atoms with Gasteiger partial charge in [0, 0.05) is 6.26 Å². The number of aliphatic carboxylic acids is 1. The molecular weight excluding hydrogens is 511 g/mol. The summed E-state index contributed by atoms with van der Waals surface area (Å²) in [5, 5.41) is 22.5. The van der Waals surface area contributed by atoms with Gasteiger partial charge in [0.15, 0.2) is 9.84 Å². The first-order valence-electron chi connectivity index (χ1n) is 11.3. The zero-order chi connectivity index (χ0) is 28.0. The van der Waals surface area contributed by atoms with E-state index in [4.69, 9.17) is 10.4 Å². The Bertz CT molecular complexity index is 1240. The van der Waals surface area contributed by atoms with E-state index in [1.165, 1.54) is 36.4 Å². The van der Waals surface area contributed by atoms with Gasteiger partial charge in [-0.2, -0.15) is 18.4 Å². The van der Waals surface area contributed by atoms with Crippen LogP contribution in [0.3, 0.4) is 0 Å². The van der Waals surface area contributed by atoms with Crippen molar-refractivity contribution in [3.63, 3.8) is 0 Å². The summed E-state index contributed by atoms with van der Waals surface area (Å²) in [6.45, 7) is 3.43. The number of halogens is 3. The molecule has 0 saturated carbocycles. The molecule has 2 rings (SSSR count). The Morgan fingerprint density at radius 3 is 1.95 bits per heavy atom. The summed E-state index contributed by atoms with van der Waals surface area (Å²) in [6.07, 6.45) is -4.38. The van der Waals surface area contributed by atoms with E-state index in [1.807, 2.05) is 0 Å². The minimum atomic E-state index is -4.77. The van der Waals surface area contributed by atoms with Crippen LogP contribution in [0.25, 0.3) is 11.1 Å².